The van der Waals surface area contributed by atoms with Crippen LogP contribution in [-0.2, 0) is 17.9 Å². The molecule has 3 heterocycles. The van der Waals surface area contributed by atoms with Gasteiger partial charge in [-0.1, -0.05) is 5.21 Å². The van der Waals surface area contributed by atoms with Crippen LogP contribution in [0.5, 0.6) is 0 Å². The van der Waals surface area contributed by atoms with Gasteiger partial charge in [0.2, 0.25) is 5.91 Å². The minimum absolute atomic E-state index is 0.306. The van der Waals surface area contributed by atoms with Crippen molar-refractivity contribution in [1.29, 1.82) is 0 Å². The van der Waals surface area contributed by atoms with Gasteiger partial charge in [-0.05, 0) is 32.9 Å². The molecule has 1 amide bonds. The van der Waals surface area contributed by atoms with Crippen molar-refractivity contribution in [1.82, 2.24) is 24.8 Å². The predicted octanol–water partition coefficient (Wildman–Crippen LogP) is 0.351. The summed E-state index contributed by atoms with van der Waals surface area (Å²) in [7, 11) is 4.03. The Balaban J connectivity index is 1.64. The van der Waals surface area contributed by atoms with E-state index in [4.69, 9.17) is 0 Å². The second kappa shape index (κ2) is 4.92. The summed E-state index contributed by atoms with van der Waals surface area (Å²) in [5.74, 6) is 0.921. The van der Waals surface area contributed by atoms with E-state index in [1.54, 1.807) is 0 Å². The molecule has 2 aliphatic rings. The number of hydrogen-bond acceptors (Lipinski definition) is 4. The van der Waals surface area contributed by atoms with Gasteiger partial charge >= 0.3 is 0 Å². The fraction of sp³-hybridized carbons (Fsp3) is 0.769. The molecule has 1 aromatic heterocycles. The molecule has 0 N–H and O–H groups in total. The first-order valence-electron chi connectivity index (χ1n) is 6.95. The van der Waals surface area contributed by atoms with E-state index in [2.05, 4.69) is 15.2 Å². The van der Waals surface area contributed by atoms with Crippen molar-refractivity contribution in [3.63, 3.8) is 0 Å². The molecule has 19 heavy (non-hydrogen) atoms. The molecule has 0 aliphatic carbocycles. The molecule has 2 atom stereocenters. The van der Waals surface area contributed by atoms with Crippen LogP contribution in [0.4, 0.5) is 0 Å². The van der Waals surface area contributed by atoms with Crippen LogP contribution in [0.1, 0.15) is 25.0 Å². The molecule has 2 aliphatic heterocycles. The van der Waals surface area contributed by atoms with Crippen LogP contribution in [0.3, 0.4) is 0 Å². The summed E-state index contributed by atoms with van der Waals surface area (Å²) in [6, 6.07) is 0.306. The number of carbonyl (C=O) groups is 1. The van der Waals surface area contributed by atoms with Gasteiger partial charge in [0.25, 0.3) is 0 Å². The monoisotopic (exact) mass is 263 g/mol. The van der Waals surface area contributed by atoms with Gasteiger partial charge in [0, 0.05) is 25.7 Å². The first kappa shape index (κ1) is 12.6. The van der Waals surface area contributed by atoms with Crippen molar-refractivity contribution in [2.75, 3.05) is 20.6 Å². The van der Waals surface area contributed by atoms with Crippen molar-refractivity contribution in [3.8, 4) is 0 Å². The van der Waals surface area contributed by atoms with E-state index >= 15 is 0 Å². The van der Waals surface area contributed by atoms with Crippen LogP contribution in [-0.4, -0.2) is 57.4 Å². The Hall–Kier alpha value is -1.43. The van der Waals surface area contributed by atoms with E-state index in [-0.39, 0.29) is 0 Å². The Bertz CT molecular complexity index is 469. The summed E-state index contributed by atoms with van der Waals surface area (Å²) < 4.78 is 1.88. The first-order valence-corrected chi connectivity index (χ1v) is 6.95. The Morgan fingerprint density at radius 1 is 1.42 bits per heavy atom. The molecule has 3 rings (SSSR count). The highest BCUT2D eigenvalue weighted by Crippen LogP contribution is 2.32. The maximum absolute atomic E-state index is 11.9. The van der Waals surface area contributed by atoms with Crippen LogP contribution in [0, 0.1) is 5.92 Å². The molecule has 0 unspecified atom stereocenters. The van der Waals surface area contributed by atoms with Gasteiger partial charge in [-0.25, -0.2) is 0 Å². The summed E-state index contributed by atoms with van der Waals surface area (Å²) in [5.41, 5.74) is 0.978. The highest BCUT2D eigenvalue weighted by atomic mass is 16.2. The van der Waals surface area contributed by atoms with Crippen LogP contribution >= 0.6 is 0 Å². The third kappa shape index (κ3) is 2.63. The number of carbonyl (C=O) groups excluding carboxylic acids is 1. The maximum atomic E-state index is 11.9. The highest BCUT2D eigenvalue weighted by Gasteiger charge is 2.38. The summed E-state index contributed by atoms with van der Waals surface area (Å²) in [6.45, 7) is 2.52. The molecule has 6 nitrogen and oxygen atoms in total. The summed E-state index contributed by atoms with van der Waals surface area (Å²) >= 11 is 0. The molecule has 2 bridgehead atoms. The van der Waals surface area contributed by atoms with E-state index in [0.29, 0.717) is 17.9 Å². The third-order valence-electron chi connectivity index (χ3n) is 4.05. The van der Waals surface area contributed by atoms with E-state index in [9.17, 15) is 4.79 Å². The normalized spacial score (nSPS) is 26.5. The van der Waals surface area contributed by atoms with Gasteiger partial charge in [0.1, 0.15) is 0 Å². The second-order valence-electron chi connectivity index (χ2n) is 6.02. The number of amides is 1. The van der Waals surface area contributed by atoms with Gasteiger partial charge in [0.05, 0.1) is 18.3 Å². The van der Waals surface area contributed by atoms with Crippen molar-refractivity contribution >= 4 is 5.91 Å². The lowest BCUT2D eigenvalue weighted by molar-refractivity contribution is -0.129. The molecule has 104 valence electrons. The number of piperidine rings is 1. The second-order valence-corrected chi connectivity index (χ2v) is 6.02. The molecule has 1 aromatic rings. The number of aromatic nitrogens is 3. The smallest absolute Gasteiger partial charge is 0.223 e. The van der Waals surface area contributed by atoms with Crippen molar-refractivity contribution < 1.29 is 4.79 Å². The molecule has 2 saturated heterocycles. The fourth-order valence-electron chi connectivity index (χ4n) is 3.17. The standard InChI is InChI=1S/C13H21N5O/c1-16(2)7-11-8-17(15-14-11)9-12-4-3-10-5-13(19)18(12)6-10/h8,10,12H,3-7,9H2,1-2H3/t10-,12-/m0/s1. The predicted molar refractivity (Wildman–Crippen MR) is 70.3 cm³/mol. The largest absolute Gasteiger partial charge is 0.338 e. The fourth-order valence-corrected chi connectivity index (χ4v) is 3.17. The molecule has 0 saturated carbocycles. The Morgan fingerprint density at radius 3 is 3.05 bits per heavy atom. The van der Waals surface area contributed by atoms with Gasteiger partial charge in [-0.3, -0.25) is 9.48 Å². The average molecular weight is 263 g/mol. The number of fused-ring (bicyclic) bond motifs is 2. The molecule has 0 aromatic carbocycles. The number of nitrogens with zero attached hydrogens (tertiary/aromatic N) is 5. The van der Waals surface area contributed by atoms with E-state index in [0.717, 1.165) is 38.2 Å². The maximum Gasteiger partial charge on any atom is 0.223 e. The lowest BCUT2D eigenvalue weighted by atomic mass is 9.96. The minimum atomic E-state index is 0.306. The van der Waals surface area contributed by atoms with Crippen molar-refractivity contribution in [2.24, 2.45) is 5.92 Å². The van der Waals surface area contributed by atoms with Crippen molar-refractivity contribution in [3.05, 3.63) is 11.9 Å². The highest BCUT2D eigenvalue weighted by molar-refractivity contribution is 5.79. The quantitative estimate of drug-likeness (QED) is 0.786. The van der Waals surface area contributed by atoms with Crippen LogP contribution in [0.2, 0.25) is 0 Å². The molecular formula is C13H21N5O. The molecule has 2 fully saturated rings. The van der Waals surface area contributed by atoms with Crippen LogP contribution < -0.4 is 0 Å². The summed E-state index contributed by atoms with van der Waals surface area (Å²) in [6.07, 6.45) is 5.01. The third-order valence-corrected chi connectivity index (χ3v) is 4.05. The van der Waals surface area contributed by atoms with E-state index in [1.165, 1.54) is 6.42 Å². The Kier molecular flexibility index (Phi) is 3.26. The zero-order valence-corrected chi connectivity index (χ0v) is 11.6. The van der Waals surface area contributed by atoms with Crippen LogP contribution in [0.25, 0.3) is 0 Å². The molecule has 0 radical (unpaired) electrons. The number of hydrogen-bond donors (Lipinski definition) is 0. The van der Waals surface area contributed by atoms with Gasteiger partial charge in [-0.15, -0.1) is 5.10 Å². The van der Waals surface area contributed by atoms with Gasteiger partial charge in [-0.2, -0.15) is 0 Å². The zero-order chi connectivity index (χ0) is 13.4. The van der Waals surface area contributed by atoms with Gasteiger partial charge in [0.15, 0.2) is 0 Å². The zero-order valence-electron chi connectivity index (χ0n) is 11.6. The SMILES string of the molecule is CN(C)Cc1cn(C[C@@H]2CC[C@H]3CC(=O)N2C3)nn1. The van der Waals surface area contributed by atoms with Crippen LogP contribution in [0.15, 0.2) is 6.20 Å². The van der Waals surface area contributed by atoms with Gasteiger partial charge < -0.3 is 9.80 Å². The Morgan fingerprint density at radius 2 is 2.26 bits per heavy atom. The summed E-state index contributed by atoms with van der Waals surface area (Å²) in [4.78, 5) is 16.0. The molecule has 0 spiro atoms. The van der Waals surface area contributed by atoms with E-state index in [1.807, 2.05) is 29.9 Å². The lowest BCUT2D eigenvalue weighted by Gasteiger charge is -2.32. The average Bonchev–Trinajstić information content (AvgIpc) is 2.88. The van der Waals surface area contributed by atoms with E-state index < -0.39 is 0 Å². The molecule has 6 heteroatoms. The number of rotatable bonds is 4. The summed E-state index contributed by atoms with van der Waals surface area (Å²) in [5, 5.41) is 8.34. The van der Waals surface area contributed by atoms with Crippen molar-refractivity contribution in [2.45, 2.75) is 38.4 Å². The lowest BCUT2D eigenvalue weighted by Crippen LogP contribution is -2.42. The topological polar surface area (TPSA) is 54.3 Å². The Labute approximate surface area is 113 Å². The first-order chi connectivity index (χ1) is 9.11. The molecular weight excluding hydrogens is 242 g/mol. The minimum Gasteiger partial charge on any atom is -0.338 e.